The smallest absolute Gasteiger partial charge is 0.336 e. The minimum absolute atomic E-state index is 0.231. The molecular formula is C15H11NO3. The summed E-state index contributed by atoms with van der Waals surface area (Å²) in [7, 11) is 0. The molecule has 19 heavy (non-hydrogen) atoms. The molecule has 1 N–H and O–H groups in total. The number of para-hydroxylation sites is 1. The van der Waals surface area contributed by atoms with Crippen LogP contribution in [0.1, 0.15) is 15.9 Å². The van der Waals surface area contributed by atoms with Crippen LogP contribution in [0.4, 0.5) is 0 Å². The number of furan rings is 1. The highest BCUT2D eigenvalue weighted by Crippen LogP contribution is 2.26. The monoisotopic (exact) mass is 253 g/mol. The first-order valence-corrected chi connectivity index (χ1v) is 5.84. The second-order valence-corrected chi connectivity index (χ2v) is 4.37. The summed E-state index contributed by atoms with van der Waals surface area (Å²) in [4.78, 5) is 15.8. The van der Waals surface area contributed by atoms with Gasteiger partial charge >= 0.3 is 5.97 Å². The van der Waals surface area contributed by atoms with Crippen LogP contribution in [-0.4, -0.2) is 16.1 Å². The SMILES string of the molecule is Cc1coc(-c2cc(C(=O)O)c3ccccc3n2)c1. The van der Waals surface area contributed by atoms with Crippen molar-refractivity contribution < 1.29 is 14.3 Å². The van der Waals surface area contributed by atoms with Crippen LogP contribution in [0.15, 0.2) is 47.1 Å². The number of aryl methyl sites for hydroxylation is 1. The van der Waals surface area contributed by atoms with E-state index >= 15 is 0 Å². The van der Waals surface area contributed by atoms with Crippen molar-refractivity contribution in [3.05, 3.63) is 53.8 Å². The van der Waals surface area contributed by atoms with E-state index in [9.17, 15) is 9.90 Å². The number of benzene rings is 1. The molecule has 3 aromatic rings. The fraction of sp³-hybridized carbons (Fsp3) is 0.0667. The summed E-state index contributed by atoms with van der Waals surface area (Å²) in [5.74, 6) is -0.395. The summed E-state index contributed by atoms with van der Waals surface area (Å²) in [6.07, 6.45) is 1.62. The Hall–Kier alpha value is -2.62. The lowest BCUT2D eigenvalue weighted by Crippen LogP contribution is -1.99. The molecule has 0 radical (unpaired) electrons. The Balaban J connectivity index is 2.30. The topological polar surface area (TPSA) is 63.3 Å². The number of carboxylic acid groups (broad SMARTS) is 1. The molecule has 0 spiro atoms. The van der Waals surface area contributed by atoms with E-state index in [4.69, 9.17) is 4.42 Å². The zero-order chi connectivity index (χ0) is 13.4. The molecule has 3 rings (SSSR count). The summed E-state index contributed by atoms with van der Waals surface area (Å²) < 4.78 is 5.38. The van der Waals surface area contributed by atoms with Crippen LogP contribution in [0.2, 0.25) is 0 Å². The molecule has 0 atom stereocenters. The van der Waals surface area contributed by atoms with E-state index in [1.54, 1.807) is 30.5 Å². The van der Waals surface area contributed by atoms with E-state index in [-0.39, 0.29) is 5.56 Å². The van der Waals surface area contributed by atoms with E-state index in [1.165, 1.54) is 0 Å². The number of rotatable bonds is 2. The molecular weight excluding hydrogens is 242 g/mol. The number of hydrogen-bond donors (Lipinski definition) is 1. The predicted molar refractivity (Wildman–Crippen MR) is 71.1 cm³/mol. The van der Waals surface area contributed by atoms with Crippen molar-refractivity contribution in [1.29, 1.82) is 0 Å². The average molecular weight is 253 g/mol. The number of aromatic nitrogens is 1. The van der Waals surface area contributed by atoms with Gasteiger partial charge in [0.15, 0.2) is 5.76 Å². The van der Waals surface area contributed by atoms with Crippen LogP contribution in [0.5, 0.6) is 0 Å². The Bertz CT molecular complexity index is 774. The molecule has 4 nitrogen and oxygen atoms in total. The van der Waals surface area contributed by atoms with Gasteiger partial charge in [-0.3, -0.25) is 0 Å². The number of aromatic carboxylic acids is 1. The fourth-order valence-corrected chi connectivity index (χ4v) is 2.04. The Morgan fingerprint density at radius 3 is 2.74 bits per heavy atom. The first-order chi connectivity index (χ1) is 9.15. The van der Waals surface area contributed by atoms with Gasteiger partial charge in [0.25, 0.3) is 0 Å². The van der Waals surface area contributed by atoms with Crippen LogP contribution < -0.4 is 0 Å². The molecule has 0 amide bonds. The summed E-state index contributed by atoms with van der Waals surface area (Å²) in [5.41, 5.74) is 2.38. The van der Waals surface area contributed by atoms with Crippen molar-refractivity contribution in [3.8, 4) is 11.5 Å². The van der Waals surface area contributed by atoms with E-state index in [0.29, 0.717) is 22.4 Å². The fourth-order valence-electron chi connectivity index (χ4n) is 2.04. The summed E-state index contributed by atoms with van der Waals surface area (Å²) in [5, 5.41) is 9.93. The van der Waals surface area contributed by atoms with Crippen LogP contribution in [0.25, 0.3) is 22.4 Å². The summed E-state index contributed by atoms with van der Waals surface area (Å²) >= 11 is 0. The quantitative estimate of drug-likeness (QED) is 0.759. The molecule has 0 bridgehead atoms. The van der Waals surface area contributed by atoms with Gasteiger partial charge in [-0.2, -0.15) is 0 Å². The minimum atomic E-state index is -0.969. The van der Waals surface area contributed by atoms with Gasteiger partial charge in [0.1, 0.15) is 5.69 Å². The maximum Gasteiger partial charge on any atom is 0.336 e. The van der Waals surface area contributed by atoms with Gasteiger partial charge in [0, 0.05) is 5.39 Å². The molecule has 0 aliphatic rings. The molecule has 0 unspecified atom stereocenters. The maximum absolute atomic E-state index is 11.3. The Labute approximate surface area is 109 Å². The van der Waals surface area contributed by atoms with Gasteiger partial charge in [-0.05, 0) is 30.7 Å². The number of fused-ring (bicyclic) bond motifs is 1. The van der Waals surface area contributed by atoms with Crippen molar-refractivity contribution in [2.75, 3.05) is 0 Å². The lowest BCUT2D eigenvalue weighted by Gasteiger charge is -2.04. The van der Waals surface area contributed by atoms with Crippen molar-refractivity contribution >= 4 is 16.9 Å². The van der Waals surface area contributed by atoms with Crippen molar-refractivity contribution in [2.24, 2.45) is 0 Å². The van der Waals surface area contributed by atoms with Gasteiger partial charge < -0.3 is 9.52 Å². The third-order valence-electron chi connectivity index (χ3n) is 2.93. The largest absolute Gasteiger partial charge is 0.478 e. The van der Waals surface area contributed by atoms with E-state index < -0.39 is 5.97 Å². The van der Waals surface area contributed by atoms with Gasteiger partial charge in [-0.25, -0.2) is 9.78 Å². The molecule has 4 heteroatoms. The number of pyridine rings is 1. The Kier molecular flexibility index (Phi) is 2.56. The summed E-state index contributed by atoms with van der Waals surface area (Å²) in [6.45, 7) is 1.91. The van der Waals surface area contributed by atoms with Gasteiger partial charge in [-0.15, -0.1) is 0 Å². The van der Waals surface area contributed by atoms with Gasteiger partial charge in [0.05, 0.1) is 17.3 Å². The van der Waals surface area contributed by atoms with Crippen LogP contribution in [0, 0.1) is 6.92 Å². The molecule has 2 aromatic heterocycles. The lowest BCUT2D eigenvalue weighted by molar-refractivity contribution is 0.0699. The number of carboxylic acids is 1. The summed E-state index contributed by atoms with van der Waals surface area (Å²) in [6, 6.07) is 10.6. The molecule has 0 saturated heterocycles. The molecule has 0 fully saturated rings. The third kappa shape index (κ3) is 1.97. The van der Waals surface area contributed by atoms with Crippen molar-refractivity contribution in [2.45, 2.75) is 6.92 Å². The first-order valence-electron chi connectivity index (χ1n) is 5.84. The highest BCUT2D eigenvalue weighted by Gasteiger charge is 2.14. The molecule has 2 heterocycles. The van der Waals surface area contributed by atoms with Crippen LogP contribution in [-0.2, 0) is 0 Å². The zero-order valence-corrected chi connectivity index (χ0v) is 10.3. The number of carbonyl (C=O) groups is 1. The second kappa shape index (κ2) is 4.24. The minimum Gasteiger partial charge on any atom is -0.478 e. The van der Waals surface area contributed by atoms with E-state index in [0.717, 1.165) is 5.56 Å². The third-order valence-corrected chi connectivity index (χ3v) is 2.93. The molecule has 0 aliphatic heterocycles. The van der Waals surface area contributed by atoms with Crippen LogP contribution >= 0.6 is 0 Å². The highest BCUT2D eigenvalue weighted by atomic mass is 16.4. The Morgan fingerprint density at radius 2 is 2.05 bits per heavy atom. The van der Waals surface area contributed by atoms with Gasteiger partial charge in [0.2, 0.25) is 0 Å². The number of hydrogen-bond acceptors (Lipinski definition) is 3. The van der Waals surface area contributed by atoms with Crippen molar-refractivity contribution in [1.82, 2.24) is 4.98 Å². The normalized spacial score (nSPS) is 10.8. The average Bonchev–Trinajstić information content (AvgIpc) is 2.84. The van der Waals surface area contributed by atoms with Crippen molar-refractivity contribution in [3.63, 3.8) is 0 Å². The highest BCUT2D eigenvalue weighted by molar-refractivity contribution is 6.03. The molecule has 1 aromatic carbocycles. The predicted octanol–water partition coefficient (Wildman–Crippen LogP) is 3.50. The Morgan fingerprint density at radius 1 is 1.26 bits per heavy atom. The standard InChI is InChI=1S/C15H11NO3/c1-9-6-14(19-8-9)13-7-11(15(17)18)10-4-2-3-5-12(10)16-13/h2-8H,1H3,(H,17,18). The number of nitrogens with zero attached hydrogens (tertiary/aromatic N) is 1. The maximum atomic E-state index is 11.3. The van der Waals surface area contributed by atoms with E-state index in [1.807, 2.05) is 19.1 Å². The molecule has 0 saturated carbocycles. The lowest BCUT2D eigenvalue weighted by atomic mass is 10.1. The molecule has 94 valence electrons. The van der Waals surface area contributed by atoms with Gasteiger partial charge in [-0.1, -0.05) is 18.2 Å². The zero-order valence-electron chi connectivity index (χ0n) is 10.3. The van der Waals surface area contributed by atoms with Crippen LogP contribution in [0.3, 0.4) is 0 Å². The van der Waals surface area contributed by atoms with E-state index in [2.05, 4.69) is 4.98 Å². The molecule has 0 aliphatic carbocycles. The second-order valence-electron chi connectivity index (χ2n) is 4.37. The first kappa shape index (κ1) is 11.5.